The van der Waals surface area contributed by atoms with Gasteiger partial charge in [0, 0.05) is 12.2 Å². The number of methoxy groups -OCH3 is 1. The van der Waals surface area contributed by atoms with E-state index in [0.29, 0.717) is 6.54 Å². The van der Waals surface area contributed by atoms with Crippen LogP contribution in [0, 0.1) is 26.7 Å². The number of carbonyl (C=O) groups excluding carboxylic acids is 1. The second-order valence-electron chi connectivity index (χ2n) is 4.58. The van der Waals surface area contributed by atoms with E-state index in [1.54, 1.807) is 0 Å². The van der Waals surface area contributed by atoms with Crippen molar-refractivity contribution in [3.8, 4) is 0 Å². The molecule has 94 valence electrons. The molecule has 17 heavy (non-hydrogen) atoms. The predicted molar refractivity (Wildman–Crippen MR) is 70.3 cm³/mol. The minimum absolute atomic E-state index is 0.139. The molecule has 0 heterocycles. The van der Waals surface area contributed by atoms with Crippen LogP contribution in [0.3, 0.4) is 0 Å². The summed E-state index contributed by atoms with van der Waals surface area (Å²) in [6.45, 7) is 8.69. The number of nitrogens with one attached hydrogen (secondary N) is 1. The zero-order valence-electron chi connectivity index (χ0n) is 11.3. The maximum absolute atomic E-state index is 11.3. The lowest BCUT2D eigenvalue weighted by molar-refractivity contribution is -0.144. The summed E-state index contributed by atoms with van der Waals surface area (Å²) in [6, 6.07) is 4.27. The fourth-order valence-corrected chi connectivity index (χ4v) is 2.00. The van der Waals surface area contributed by atoms with Crippen molar-refractivity contribution in [2.45, 2.75) is 27.7 Å². The molecular weight excluding hydrogens is 214 g/mol. The Balaban J connectivity index is 2.73. The van der Waals surface area contributed by atoms with E-state index in [4.69, 9.17) is 4.74 Å². The maximum Gasteiger partial charge on any atom is 0.310 e. The summed E-state index contributed by atoms with van der Waals surface area (Å²) in [4.78, 5) is 11.3. The molecule has 0 aliphatic carbocycles. The van der Waals surface area contributed by atoms with Crippen LogP contribution < -0.4 is 5.32 Å². The van der Waals surface area contributed by atoms with E-state index in [1.165, 1.54) is 23.8 Å². The quantitative estimate of drug-likeness (QED) is 0.815. The zero-order chi connectivity index (χ0) is 13.0. The van der Waals surface area contributed by atoms with Crippen molar-refractivity contribution < 1.29 is 9.53 Å². The van der Waals surface area contributed by atoms with Gasteiger partial charge in [0.2, 0.25) is 0 Å². The van der Waals surface area contributed by atoms with Crippen molar-refractivity contribution in [3.05, 3.63) is 28.8 Å². The molecule has 0 fully saturated rings. The smallest absolute Gasteiger partial charge is 0.310 e. The van der Waals surface area contributed by atoms with E-state index in [1.807, 2.05) is 6.92 Å². The Morgan fingerprint density at radius 1 is 1.29 bits per heavy atom. The molecule has 0 saturated carbocycles. The number of aryl methyl sites for hydroxylation is 3. The average Bonchev–Trinajstić information content (AvgIpc) is 2.26. The maximum atomic E-state index is 11.3. The number of rotatable bonds is 4. The number of hydrogen-bond acceptors (Lipinski definition) is 3. The molecule has 1 N–H and O–H groups in total. The van der Waals surface area contributed by atoms with Gasteiger partial charge in [-0.05, 0) is 31.9 Å². The van der Waals surface area contributed by atoms with Crippen LogP contribution >= 0.6 is 0 Å². The van der Waals surface area contributed by atoms with Crippen LogP contribution in [0.4, 0.5) is 5.69 Å². The highest BCUT2D eigenvalue weighted by Gasteiger charge is 2.13. The Hall–Kier alpha value is -1.51. The van der Waals surface area contributed by atoms with Gasteiger partial charge in [0.1, 0.15) is 0 Å². The third kappa shape index (κ3) is 3.48. The van der Waals surface area contributed by atoms with E-state index in [9.17, 15) is 4.79 Å². The van der Waals surface area contributed by atoms with Gasteiger partial charge in [-0.25, -0.2) is 0 Å². The number of ether oxygens (including phenoxy) is 1. The molecule has 3 nitrogen and oxygen atoms in total. The van der Waals surface area contributed by atoms with Crippen LogP contribution in [-0.2, 0) is 9.53 Å². The molecular formula is C14H21NO2. The first kappa shape index (κ1) is 13.6. The van der Waals surface area contributed by atoms with Crippen LogP contribution in [0.25, 0.3) is 0 Å². The van der Waals surface area contributed by atoms with Gasteiger partial charge in [-0.3, -0.25) is 4.79 Å². The second kappa shape index (κ2) is 5.71. The first-order valence-electron chi connectivity index (χ1n) is 5.85. The zero-order valence-corrected chi connectivity index (χ0v) is 11.3. The largest absolute Gasteiger partial charge is 0.469 e. The van der Waals surface area contributed by atoms with E-state index >= 15 is 0 Å². The Bertz CT molecular complexity index is 390. The molecule has 1 aromatic rings. The molecule has 0 aliphatic heterocycles. The highest BCUT2D eigenvalue weighted by Crippen LogP contribution is 2.22. The van der Waals surface area contributed by atoms with Crippen molar-refractivity contribution in [1.82, 2.24) is 0 Å². The Morgan fingerprint density at radius 2 is 1.82 bits per heavy atom. The average molecular weight is 235 g/mol. The molecule has 0 radical (unpaired) electrons. The van der Waals surface area contributed by atoms with Gasteiger partial charge < -0.3 is 10.1 Å². The number of carbonyl (C=O) groups is 1. The predicted octanol–water partition coefficient (Wildman–Crippen LogP) is 2.83. The third-order valence-corrected chi connectivity index (χ3v) is 2.87. The Kier molecular flexibility index (Phi) is 4.55. The standard InChI is InChI=1S/C14H21NO2/c1-9-6-10(2)13(11(3)7-9)15-8-12(4)14(16)17-5/h6-7,12,15H,8H2,1-5H3. The minimum Gasteiger partial charge on any atom is -0.469 e. The number of benzene rings is 1. The molecule has 1 unspecified atom stereocenters. The first-order valence-corrected chi connectivity index (χ1v) is 5.85. The van der Waals surface area contributed by atoms with Gasteiger partial charge in [-0.15, -0.1) is 0 Å². The van der Waals surface area contributed by atoms with Gasteiger partial charge in [0.25, 0.3) is 0 Å². The molecule has 0 amide bonds. The summed E-state index contributed by atoms with van der Waals surface area (Å²) in [5.41, 5.74) is 4.79. The second-order valence-corrected chi connectivity index (χ2v) is 4.58. The molecule has 3 heteroatoms. The summed E-state index contributed by atoms with van der Waals surface area (Å²) in [5, 5.41) is 3.32. The SMILES string of the molecule is COC(=O)C(C)CNc1c(C)cc(C)cc1C. The third-order valence-electron chi connectivity index (χ3n) is 2.87. The van der Waals surface area contributed by atoms with Crippen LogP contribution in [-0.4, -0.2) is 19.6 Å². The van der Waals surface area contributed by atoms with Crippen molar-refractivity contribution in [1.29, 1.82) is 0 Å². The molecule has 0 aromatic heterocycles. The number of esters is 1. The molecule has 1 aromatic carbocycles. The summed E-state index contributed by atoms with van der Waals surface area (Å²) in [6.07, 6.45) is 0. The Labute approximate surface area is 103 Å². The summed E-state index contributed by atoms with van der Waals surface area (Å²) < 4.78 is 4.70. The van der Waals surface area contributed by atoms with E-state index in [2.05, 4.69) is 38.2 Å². The van der Waals surface area contributed by atoms with Crippen molar-refractivity contribution in [2.24, 2.45) is 5.92 Å². The van der Waals surface area contributed by atoms with Crippen LogP contribution in [0.1, 0.15) is 23.6 Å². The molecule has 0 spiro atoms. The van der Waals surface area contributed by atoms with Gasteiger partial charge in [-0.1, -0.05) is 24.6 Å². The minimum atomic E-state index is -0.181. The lowest BCUT2D eigenvalue weighted by Gasteiger charge is -2.16. The van der Waals surface area contributed by atoms with Crippen molar-refractivity contribution in [2.75, 3.05) is 19.0 Å². The van der Waals surface area contributed by atoms with Gasteiger partial charge in [0.15, 0.2) is 0 Å². The molecule has 0 aliphatic rings. The van der Waals surface area contributed by atoms with Gasteiger partial charge >= 0.3 is 5.97 Å². The normalized spacial score (nSPS) is 12.1. The fraction of sp³-hybridized carbons (Fsp3) is 0.500. The molecule has 1 rings (SSSR count). The fourth-order valence-electron chi connectivity index (χ4n) is 2.00. The van der Waals surface area contributed by atoms with Crippen LogP contribution in [0.15, 0.2) is 12.1 Å². The van der Waals surface area contributed by atoms with E-state index < -0.39 is 0 Å². The number of hydrogen-bond donors (Lipinski definition) is 1. The lowest BCUT2D eigenvalue weighted by Crippen LogP contribution is -2.22. The van der Waals surface area contributed by atoms with Crippen molar-refractivity contribution >= 4 is 11.7 Å². The first-order chi connectivity index (χ1) is 7.95. The highest BCUT2D eigenvalue weighted by molar-refractivity contribution is 5.72. The van der Waals surface area contributed by atoms with Gasteiger partial charge in [0.05, 0.1) is 13.0 Å². The summed E-state index contributed by atoms with van der Waals surface area (Å²) >= 11 is 0. The van der Waals surface area contributed by atoms with E-state index in [0.717, 1.165) is 5.69 Å². The molecule has 0 bridgehead atoms. The number of anilines is 1. The molecule has 1 atom stereocenters. The highest BCUT2D eigenvalue weighted by atomic mass is 16.5. The van der Waals surface area contributed by atoms with Gasteiger partial charge in [-0.2, -0.15) is 0 Å². The van der Waals surface area contributed by atoms with Crippen LogP contribution in [0.5, 0.6) is 0 Å². The topological polar surface area (TPSA) is 38.3 Å². The monoisotopic (exact) mass is 235 g/mol. The molecule has 0 saturated heterocycles. The van der Waals surface area contributed by atoms with Crippen LogP contribution in [0.2, 0.25) is 0 Å². The van der Waals surface area contributed by atoms with Crippen molar-refractivity contribution in [3.63, 3.8) is 0 Å². The lowest BCUT2D eigenvalue weighted by atomic mass is 10.0. The van der Waals surface area contributed by atoms with E-state index in [-0.39, 0.29) is 11.9 Å². The Morgan fingerprint density at radius 3 is 2.29 bits per heavy atom. The summed E-state index contributed by atoms with van der Waals surface area (Å²) in [5.74, 6) is -0.319. The summed E-state index contributed by atoms with van der Waals surface area (Å²) in [7, 11) is 1.42.